The molecule has 1 N–H and O–H groups in total. The number of carbonyl (C=O) groups excluding carboxylic acids is 1. The van der Waals surface area contributed by atoms with E-state index in [0.29, 0.717) is 25.5 Å². The monoisotopic (exact) mass is 417 g/mol. The lowest BCUT2D eigenvalue weighted by molar-refractivity contribution is -0.125. The summed E-state index contributed by atoms with van der Waals surface area (Å²) in [6, 6.07) is 13.5. The molecule has 31 heavy (non-hydrogen) atoms. The molecule has 8 nitrogen and oxygen atoms in total. The minimum absolute atomic E-state index is 0.0326. The normalized spacial score (nSPS) is 19.1. The molecule has 158 valence electrons. The van der Waals surface area contributed by atoms with E-state index in [1.807, 2.05) is 42.5 Å². The van der Waals surface area contributed by atoms with Gasteiger partial charge in [-0.1, -0.05) is 12.1 Å². The van der Waals surface area contributed by atoms with Gasteiger partial charge >= 0.3 is 0 Å². The molecule has 1 amide bonds. The number of benzene rings is 1. The number of hydrogen-bond acceptors (Lipinski definition) is 7. The van der Waals surface area contributed by atoms with Crippen molar-refractivity contribution in [1.82, 2.24) is 15.0 Å². The minimum Gasteiger partial charge on any atom is -0.391 e. The second kappa shape index (κ2) is 8.41. The molecule has 8 heteroatoms. The fourth-order valence-electron chi connectivity index (χ4n) is 3.92. The average Bonchev–Trinajstić information content (AvgIpc) is 3.26. The summed E-state index contributed by atoms with van der Waals surface area (Å²) in [5, 5.41) is 9.97. The second-order valence-corrected chi connectivity index (χ2v) is 7.71. The van der Waals surface area contributed by atoms with Crippen molar-refractivity contribution < 1.29 is 14.6 Å². The smallest absolute Gasteiger partial charge is 0.253 e. The number of carbonyl (C=O) groups is 1. The minimum atomic E-state index is -0.342. The van der Waals surface area contributed by atoms with Gasteiger partial charge in [-0.15, -0.1) is 0 Å². The van der Waals surface area contributed by atoms with Crippen LogP contribution < -0.4 is 9.80 Å². The van der Waals surface area contributed by atoms with Crippen molar-refractivity contribution in [2.24, 2.45) is 0 Å². The number of aromatic nitrogens is 3. The van der Waals surface area contributed by atoms with E-state index < -0.39 is 0 Å². The SMILES string of the molecule is O=C1COCCN1c1ccc(-c2cc(N3CC[C@H](O)C3)nc(-c3cccnc3)n2)cc1. The molecule has 0 aliphatic carbocycles. The zero-order valence-corrected chi connectivity index (χ0v) is 17.0. The summed E-state index contributed by atoms with van der Waals surface area (Å²) in [5.74, 6) is 1.34. The summed E-state index contributed by atoms with van der Waals surface area (Å²) in [7, 11) is 0. The Bertz CT molecular complexity index is 1070. The third-order valence-electron chi connectivity index (χ3n) is 5.58. The number of aliphatic hydroxyl groups is 1. The Balaban J connectivity index is 1.51. The molecule has 5 rings (SSSR count). The van der Waals surface area contributed by atoms with E-state index in [2.05, 4.69) is 9.88 Å². The average molecular weight is 417 g/mol. The molecule has 2 aromatic heterocycles. The first-order valence-corrected chi connectivity index (χ1v) is 10.4. The summed E-state index contributed by atoms with van der Waals surface area (Å²) in [4.78, 5) is 29.7. The lowest BCUT2D eigenvalue weighted by Gasteiger charge is -2.27. The first-order valence-electron chi connectivity index (χ1n) is 10.4. The van der Waals surface area contributed by atoms with Crippen molar-refractivity contribution in [3.8, 4) is 22.6 Å². The highest BCUT2D eigenvalue weighted by Gasteiger charge is 2.23. The Morgan fingerprint density at radius 1 is 1.06 bits per heavy atom. The Morgan fingerprint density at radius 3 is 2.65 bits per heavy atom. The number of β-amino-alcohol motifs (C(OH)–C–C–N with tert-alkyl or cyclic N) is 1. The van der Waals surface area contributed by atoms with Crippen LogP contribution in [0.1, 0.15) is 6.42 Å². The van der Waals surface area contributed by atoms with Gasteiger partial charge in [0.15, 0.2) is 5.82 Å². The lowest BCUT2D eigenvalue weighted by atomic mass is 10.1. The van der Waals surface area contributed by atoms with Crippen LogP contribution in [0, 0.1) is 0 Å². The molecule has 1 aromatic carbocycles. The van der Waals surface area contributed by atoms with Gasteiger partial charge in [-0.05, 0) is 30.7 Å². The first kappa shape index (κ1) is 19.6. The summed E-state index contributed by atoms with van der Waals surface area (Å²) in [6.45, 7) is 2.52. The van der Waals surface area contributed by atoms with Crippen LogP contribution in [0.25, 0.3) is 22.6 Å². The van der Waals surface area contributed by atoms with Crippen LogP contribution in [0.4, 0.5) is 11.5 Å². The molecular formula is C23H23N5O3. The maximum atomic E-state index is 12.1. The van der Waals surface area contributed by atoms with Crippen LogP contribution >= 0.6 is 0 Å². The molecule has 1 atom stereocenters. The fraction of sp³-hybridized carbons (Fsp3) is 0.304. The highest BCUT2D eigenvalue weighted by molar-refractivity contribution is 5.95. The third-order valence-corrected chi connectivity index (χ3v) is 5.58. The van der Waals surface area contributed by atoms with Gasteiger partial charge in [0.1, 0.15) is 12.4 Å². The van der Waals surface area contributed by atoms with Crippen molar-refractivity contribution in [3.05, 3.63) is 54.9 Å². The molecule has 2 aliphatic rings. The number of morpholine rings is 1. The zero-order chi connectivity index (χ0) is 21.2. The van der Waals surface area contributed by atoms with E-state index in [-0.39, 0.29) is 18.6 Å². The van der Waals surface area contributed by atoms with E-state index in [9.17, 15) is 9.90 Å². The number of ether oxygens (including phenoxy) is 1. The van der Waals surface area contributed by atoms with Gasteiger partial charge in [-0.25, -0.2) is 9.97 Å². The molecule has 0 spiro atoms. The van der Waals surface area contributed by atoms with Crippen molar-refractivity contribution in [3.63, 3.8) is 0 Å². The molecule has 0 unspecified atom stereocenters. The number of amides is 1. The predicted molar refractivity (Wildman–Crippen MR) is 117 cm³/mol. The van der Waals surface area contributed by atoms with Gasteiger partial charge in [-0.2, -0.15) is 0 Å². The van der Waals surface area contributed by atoms with Gasteiger partial charge in [0.05, 0.1) is 18.4 Å². The van der Waals surface area contributed by atoms with Crippen LogP contribution in [-0.2, 0) is 9.53 Å². The standard InChI is InChI=1S/C23H23N5O3/c29-19-7-9-27(14-19)21-12-20(25-23(26-21)17-2-1-8-24-13-17)16-3-5-18(6-4-16)28-10-11-31-15-22(28)30/h1-6,8,12-13,19,29H,7,9-11,14-15H2/t19-/m0/s1. The van der Waals surface area contributed by atoms with Crippen LogP contribution in [0.3, 0.4) is 0 Å². The molecule has 2 aliphatic heterocycles. The lowest BCUT2D eigenvalue weighted by Crippen LogP contribution is -2.41. The number of anilines is 2. The van der Waals surface area contributed by atoms with Crippen LogP contribution in [0.2, 0.25) is 0 Å². The summed E-state index contributed by atoms with van der Waals surface area (Å²) in [6.07, 6.45) is 3.85. The quantitative estimate of drug-likeness (QED) is 0.695. The van der Waals surface area contributed by atoms with Crippen LogP contribution in [0.15, 0.2) is 54.9 Å². The summed E-state index contributed by atoms with van der Waals surface area (Å²) in [5.41, 5.74) is 3.39. The summed E-state index contributed by atoms with van der Waals surface area (Å²) >= 11 is 0. The number of hydrogen-bond donors (Lipinski definition) is 1. The van der Waals surface area contributed by atoms with Gasteiger partial charge < -0.3 is 19.6 Å². The van der Waals surface area contributed by atoms with Crippen molar-refractivity contribution in [2.75, 3.05) is 42.6 Å². The van der Waals surface area contributed by atoms with E-state index >= 15 is 0 Å². The van der Waals surface area contributed by atoms with Gasteiger partial charge in [0, 0.05) is 54.9 Å². The number of aliphatic hydroxyl groups excluding tert-OH is 1. The number of rotatable bonds is 4. The molecule has 0 radical (unpaired) electrons. The topological polar surface area (TPSA) is 91.7 Å². The third kappa shape index (κ3) is 4.12. The Hall–Kier alpha value is -3.36. The van der Waals surface area contributed by atoms with E-state index in [0.717, 1.165) is 41.3 Å². The Morgan fingerprint density at radius 2 is 1.94 bits per heavy atom. The number of pyridine rings is 1. The fourth-order valence-corrected chi connectivity index (χ4v) is 3.92. The summed E-state index contributed by atoms with van der Waals surface area (Å²) < 4.78 is 5.22. The molecule has 3 aromatic rings. The largest absolute Gasteiger partial charge is 0.391 e. The van der Waals surface area contributed by atoms with E-state index in [1.54, 1.807) is 17.3 Å². The molecule has 2 saturated heterocycles. The van der Waals surface area contributed by atoms with Crippen LogP contribution in [0.5, 0.6) is 0 Å². The van der Waals surface area contributed by atoms with Crippen molar-refractivity contribution >= 4 is 17.4 Å². The highest BCUT2D eigenvalue weighted by Crippen LogP contribution is 2.29. The van der Waals surface area contributed by atoms with E-state index in [1.165, 1.54) is 0 Å². The Labute approximate surface area is 180 Å². The van der Waals surface area contributed by atoms with Crippen molar-refractivity contribution in [1.29, 1.82) is 0 Å². The van der Waals surface area contributed by atoms with Crippen LogP contribution in [-0.4, -0.2) is 64.9 Å². The van der Waals surface area contributed by atoms with E-state index in [4.69, 9.17) is 14.7 Å². The predicted octanol–water partition coefficient (Wildman–Crippen LogP) is 2.14. The zero-order valence-electron chi connectivity index (χ0n) is 17.0. The van der Waals surface area contributed by atoms with Crippen molar-refractivity contribution in [2.45, 2.75) is 12.5 Å². The number of nitrogens with zero attached hydrogens (tertiary/aromatic N) is 5. The maximum Gasteiger partial charge on any atom is 0.253 e. The van der Waals surface area contributed by atoms with Gasteiger partial charge in [0.2, 0.25) is 0 Å². The maximum absolute atomic E-state index is 12.1. The van der Waals surface area contributed by atoms with Gasteiger partial charge in [0.25, 0.3) is 5.91 Å². The molecule has 0 saturated carbocycles. The second-order valence-electron chi connectivity index (χ2n) is 7.71. The first-order chi connectivity index (χ1) is 15.2. The molecular weight excluding hydrogens is 394 g/mol. The Kier molecular flexibility index (Phi) is 5.31. The molecule has 4 heterocycles. The molecule has 2 fully saturated rings. The molecule has 0 bridgehead atoms. The van der Waals surface area contributed by atoms with Gasteiger partial charge in [-0.3, -0.25) is 9.78 Å². The highest BCUT2D eigenvalue weighted by atomic mass is 16.5.